The molecular formula is C20H32F2N4. The van der Waals surface area contributed by atoms with Gasteiger partial charge in [0.25, 0.3) is 0 Å². The van der Waals surface area contributed by atoms with Crippen molar-refractivity contribution in [1.29, 1.82) is 0 Å². The van der Waals surface area contributed by atoms with Crippen molar-refractivity contribution in [2.24, 2.45) is 4.99 Å². The number of benzene rings is 1. The van der Waals surface area contributed by atoms with Gasteiger partial charge in [-0.2, -0.15) is 0 Å². The zero-order valence-corrected chi connectivity index (χ0v) is 16.4. The summed E-state index contributed by atoms with van der Waals surface area (Å²) in [5.41, 5.74) is 0.188. The highest BCUT2D eigenvalue weighted by molar-refractivity contribution is 5.80. The summed E-state index contributed by atoms with van der Waals surface area (Å²) < 4.78 is 27.8. The van der Waals surface area contributed by atoms with Crippen LogP contribution < -0.4 is 10.6 Å². The van der Waals surface area contributed by atoms with Gasteiger partial charge < -0.3 is 15.5 Å². The Balaban J connectivity index is 1.78. The second-order valence-electron chi connectivity index (χ2n) is 7.02. The minimum Gasteiger partial charge on any atom is -0.354 e. The van der Waals surface area contributed by atoms with Crippen molar-refractivity contribution in [3.63, 3.8) is 0 Å². The minimum atomic E-state index is -0.466. The van der Waals surface area contributed by atoms with E-state index >= 15 is 0 Å². The van der Waals surface area contributed by atoms with E-state index in [0.29, 0.717) is 12.0 Å². The number of nitrogens with zero attached hydrogens (tertiary/aromatic N) is 2. The van der Waals surface area contributed by atoms with Gasteiger partial charge in [-0.3, -0.25) is 4.99 Å². The predicted octanol–water partition coefficient (Wildman–Crippen LogP) is 3.50. The first-order chi connectivity index (χ1) is 12.5. The van der Waals surface area contributed by atoms with Crippen LogP contribution in [-0.4, -0.2) is 49.6 Å². The predicted molar refractivity (Wildman–Crippen MR) is 104 cm³/mol. The quantitative estimate of drug-likeness (QED) is 0.519. The smallest absolute Gasteiger partial charge is 0.191 e. The van der Waals surface area contributed by atoms with Crippen LogP contribution in [-0.2, 0) is 0 Å². The van der Waals surface area contributed by atoms with E-state index in [1.807, 2.05) is 0 Å². The molecule has 1 aliphatic carbocycles. The van der Waals surface area contributed by atoms with Gasteiger partial charge in [0.2, 0.25) is 0 Å². The van der Waals surface area contributed by atoms with E-state index in [0.717, 1.165) is 38.9 Å². The van der Waals surface area contributed by atoms with Crippen molar-refractivity contribution in [2.45, 2.75) is 58.0 Å². The largest absolute Gasteiger partial charge is 0.354 e. The van der Waals surface area contributed by atoms with Crippen molar-refractivity contribution >= 4 is 5.96 Å². The highest BCUT2D eigenvalue weighted by atomic mass is 19.1. The normalized spacial score (nSPS) is 21.0. The summed E-state index contributed by atoms with van der Waals surface area (Å²) in [6, 6.07) is 4.35. The number of rotatable bonds is 9. The van der Waals surface area contributed by atoms with E-state index in [2.05, 4.69) is 41.3 Å². The van der Waals surface area contributed by atoms with E-state index in [1.54, 1.807) is 7.05 Å². The summed E-state index contributed by atoms with van der Waals surface area (Å²) in [4.78, 5) is 6.67. The summed E-state index contributed by atoms with van der Waals surface area (Å²) >= 11 is 0. The Kier molecular flexibility index (Phi) is 7.82. The number of halogens is 2. The maximum atomic E-state index is 13.9. The van der Waals surface area contributed by atoms with Gasteiger partial charge in [-0.1, -0.05) is 19.9 Å². The summed E-state index contributed by atoms with van der Waals surface area (Å²) in [5, 5.41) is 6.67. The monoisotopic (exact) mass is 366 g/mol. The molecule has 2 rings (SSSR count). The van der Waals surface area contributed by atoms with Gasteiger partial charge in [0, 0.05) is 30.6 Å². The molecule has 0 amide bonds. The minimum absolute atomic E-state index is 0.0236. The second kappa shape index (κ2) is 9.86. The van der Waals surface area contributed by atoms with Crippen LogP contribution in [0, 0.1) is 11.6 Å². The number of guanidine groups is 1. The molecule has 1 aromatic carbocycles. The molecule has 0 spiro atoms. The van der Waals surface area contributed by atoms with Crippen LogP contribution in [0.3, 0.4) is 0 Å². The lowest BCUT2D eigenvalue weighted by molar-refractivity contribution is 0.292. The molecule has 1 saturated carbocycles. The number of nitrogens with one attached hydrogen (secondary N) is 2. The zero-order valence-electron chi connectivity index (χ0n) is 16.4. The van der Waals surface area contributed by atoms with Crippen LogP contribution in [0.4, 0.5) is 8.78 Å². The first-order valence-corrected chi connectivity index (χ1v) is 9.66. The van der Waals surface area contributed by atoms with Crippen molar-refractivity contribution in [3.05, 3.63) is 35.4 Å². The lowest BCUT2D eigenvalue weighted by Crippen LogP contribution is -2.43. The summed E-state index contributed by atoms with van der Waals surface area (Å²) in [7, 11) is 1.72. The van der Waals surface area contributed by atoms with Crippen molar-refractivity contribution < 1.29 is 8.78 Å². The second-order valence-corrected chi connectivity index (χ2v) is 7.02. The molecule has 3 unspecified atom stereocenters. The first-order valence-electron chi connectivity index (χ1n) is 9.66. The molecule has 0 heterocycles. The summed E-state index contributed by atoms with van der Waals surface area (Å²) in [6.45, 7) is 9.76. The highest BCUT2D eigenvalue weighted by Gasteiger charge is 2.42. The Morgan fingerprint density at radius 1 is 1.27 bits per heavy atom. The van der Waals surface area contributed by atoms with E-state index in [4.69, 9.17) is 0 Å². The van der Waals surface area contributed by atoms with E-state index in [-0.39, 0.29) is 17.5 Å². The molecule has 4 nitrogen and oxygen atoms in total. The van der Waals surface area contributed by atoms with Gasteiger partial charge in [-0.15, -0.1) is 0 Å². The van der Waals surface area contributed by atoms with Gasteiger partial charge in [-0.05, 0) is 58.0 Å². The lowest BCUT2D eigenvalue weighted by Gasteiger charge is -2.21. The molecule has 3 atom stereocenters. The fourth-order valence-corrected chi connectivity index (χ4v) is 3.35. The fourth-order valence-electron chi connectivity index (χ4n) is 3.35. The van der Waals surface area contributed by atoms with Gasteiger partial charge in [-0.25, -0.2) is 8.78 Å². The van der Waals surface area contributed by atoms with Crippen LogP contribution in [0.5, 0.6) is 0 Å². The molecule has 0 radical (unpaired) electrons. The Morgan fingerprint density at radius 3 is 2.50 bits per heavy atom. The zero-order chi connectivity index (χ0) is 19.1. The van der Waals surface area contributed by atoms with E-state index < -0.39 is 11.6 Å². The molecule has 26 heavy (non-hydrogen) atoms. The van der Waals surface area contributed by atoms with Crippen molar-refractivity contribution in [3.8, 4) is 0 Å². The molecule has 0 bridgehead atoms. The third-order valence-electron chi connectivity index (χ3n) is 5.10. The Morgan fingerprint density at radius 2 is 1.92 bits per heavy atom. The average Bonchev–Trinajstić information content (AvgIpc) is 3.36. The number of hydrogen-bond donors (Lipinski definition) is 2. The molecule has 1 aliphatic rings. The maximum Gasteiger partial charge on any atom is 0.191 e. The van der Waals surface area contributed by atoms with Gasteiger partial charge in [0.1, 0.15) is 11.6 Å². The summed E-state index contributed by atoms with van der Waals surface area (Å²) in [5.74, 6) is -0.364. The molecule has 6 heteroatoms. The molecular weight excluding hydrogens is 334 g/mol. The van der Waals surface area contributed by atoms with Crippen LogP contribution in [0.25, 0.3) is 0 Å². The van der Waals surface area contributed by atoms with Gasteiger partial charge >= 0.3 is 0 Å². The lowest BCUT2D eigenvalue weighted by atomic mass is 10.1. The average molecular weight is 367 g/mol. The molecule has 2 N–H and O–H groups in total. The number of hydrogen-bond acceptors (Lipinski definition) is 2. The highest BCUT2D eigenvalue weighted by Crippen LogP contribution is 2.43. The van der Waals surface area contributed by atoms with Crippen molar-refractivity contribution in [2.75, 3.05) is 26.7 Å². The first kappa shape index (κ1) is 20.6. The third kappa shape index (κ3) is 5.66. The standard InChI is InChI=1S/C20H32F2N4/c1-5-26(6-2)12-8-9-14(3)24-20(23-4)25-18-13-15(18)19-16(21)10-7-11-17(19)22/h7,10-11,14-15,18H,5-6,8-9,12-13H2,1-4H3,(H2,23,24,25). The Bertz CT molecular complexity index is 581. The van der Waals surface area contributed by atoms with Crippen LogP contribution in [0.2, 0.25) is 0 Å². The van der Waals surface area contributed by atoms with Gasteiger partial charge in [0.05, 0.1) is 0 Å². The molecule has 0 aromatic heterocycles. The Labute approximate surface area is 156 Å². The molecule has 1 fully saturated rings. The SMILES string of the molecule is CCN(CC)CCCC(C)NC(=NC)NC1CC1c1c(F)cccc1F. The Hall–Kier alpha value is -1.69. The van der Waals surface area contributed by atoms with E-state index in [9.17, 15) is 8.78 Å². The molecule has 146 valence electrons. The van der Waals surface area contributed by atoms with E-state index in [1.165, 1.54) is 18.2 Å². The van der Waals surface area contributed by atoms with Gasteiger partial charge in [0.15, 0.2) is 5.96 Å². The molecule has 1 aromatic rings. The molecule has 0 saturated heterocycles. The maximum absolute atomic E-state index is 13.9. The van der Waals surface area contributed by atoms with Crippen LogP contribution >= 0.6 is 0 Å². The molecule has 0 aliphatic heterocycles. The van der Waals surface area contributed by atoms with Crippen LogP contribution in [0.15, 0.2) is 23.2 Å². The van der Waals surface area contributed by atoms with Crippen molar-refractivity contribution in [1.82, 2.24) is 15.5 Å². The summed E-state index contributed by atoms with van der Waals surface area (Å²) in [6.07, 6.45) is 2.89. The fraction of sp³-hybridized carbons (Fsp3) is 0.650. The third-order valence-corrected chi connectivity index (χ3v) is 5.10. The van der Waals surface area contributed by atoms with Crippen LogP contribution in [0.1, 0.15) is 51.5 Å². The number of aliphatic imine (C=N–C) groups is 1. The topological polar surface area (TPSA) is 39.7 Å².